The number of piperidine rings is 1. The molecule has 0 saturated carbocycles. The standard InChI is InChI=1S/C16H24N2O2/c1-16(12-19)7-4-8-18(11-16)10-13-5-3-6-14(9-13)15(20)17-2/h3,5-6,9,19H,4,7-8,10-12H2,1-2H3,(H,17,20). The lowest BCUT2D eigenvalue weighted by atomic mass is 9.82. The van der Waals surface area contributed by atoms with Gasteiger partial charge in [0.25, 0.3) is 5.91 Å². The summed E-state index contributed by atoms with van der Waals surface area (Å²) in [6, 6.07) is 7.76. The van der Waals surface area contributed by atoms with E-state index in [2.05, 4.69) is 23.2 Å². The molecule has 110 valence electrons. The fourth-order valence-corrected chi connectivity index (χ4v) is 2.90. The Morgan fingerprint density at radius 1 is 1.50 bits per heavy atom. The Kier molecular flexibility index (Phi) is 4.78. The number of nitrogens with one attached hydrogen (secondary N) is 1. The number of aliphatic hydroxyl groups excluding tert-OH is 1. The summed E-state index contributed by atoms with van der Waals surface area (Å²) < 4.78 is 0. The third-order valence-corrected chi connectivity index (χ3v) is 4.06. The van der Waals surface area contributed by atoms with Gasteiger partial charge in [0.15, 0.2) is 0 Å². The van der Waals surface area contributed by atoms with Gasteiger partial charge in [-0.05, 0) is 37.1 Å². The minimum absolute atomic E-state index is 0.0106. The first-order valence-corrected chi connectivity index (χ1v) is 7.20. The number of carbonyl (C=O) groups is 1. The molecule has 2 rings (SSSR count). The number of amides is 1. The molecule has 1 amide bonds. The van der Waals surface area contributed by atoms with Crippen molar-refractivity contribution in [1.29, 1.82) is 0 Å². The summed E-state index contributed by atoms with van der Waals surface area (Å²) in [5.74, 6) is -0.0503. The van der Waals surface area contributed by atoms with Crippen LogP contribution in [0.3, 0.4) is 0 Å². The van der Waals surface area contributed by atoms with Crippen LogP contribution in [0, 0.1) is 5.41 Å². The molecule has 1 saturated heterocycles. The van der Waals surface area contributed by atoms with Gasteiger partial charge in [-0.3, -0.25) is 9.69 Å². The maximum atomic E-state index is 11.6. The molecule has 1 aliphatic rings. The third-order valence-electron chi connectivity index (χ3n) is 4.06. The van der Waals surface area contributed by atoms with E-state index in [1.54, 1.807) is 7.05 Å². The van der Waals surface area contributed by atoms with Gasteiger partial charge in [-0.25, -0.2) is 0 Å². The Hall–Kier alpha value is -1.39. The van der Waals surface area contributed by atoms with Crippen LogP contribution in [0.15, 0.2) is 24.3 Å². The molecule has 0 aliphatic carbocycles. The van der Waals surface area contributed by atoms with Crippen molar-refractivity contribution in [3.05, 3.63) is 35.4 Å². The van der Waals surface area contributed by atoms with E-state index in [1.165, 1.54) is 0 Å². The maximum absolute atomic E-state index is 11.6. The number of rotatable bonds is 4. The van der Waals surface area contributed by atoms with Gasteiger partial charge in [-0.15, -0.1) is 0 Å². The van der Waals surface area contributed by atoms with Crippen molar-refractivity contribution in [1.82, 2.24) is 10.2 Å². The normalized spacial score (nSPS) is 23.6. The minimum atomic E-state index is -0.0503. The number of aliphatic hydroxyl groups is 1. The van der Waals surface area contributed by atoms with Crippen LogP contribution in [0.25, 0.3) is 0 Å². The van der Waals surface area contributed by atoms with Gasteiger partial charge >= 0.3 is 0 Å². The highest BCUT2D eigenvalue weighted by molar-refractivity contribution is 5.94. The summed E-state index contributed by atoms with van der Waals surface area (Å²) in [6.07, 6.45) is 2.20. The van der Waals surface area contributed by atoms with Gasteiger partial charge < -0.3 is 10.4 Å². The molecular formula is C16H24N2O2. The lowest BCUT2D eigenvalue weighted by molar-refractivity contribution is 0.0429. The molecule has 1 heterocycles. The smallest absolute Gasteiger partial charge is 0.251 e. The molecule has 0 bridgehead atoms. The fourth-order valence-electron chi connectivity index (χ4n) is 2.90. The first-order chi connectivity index (χ1) is 9.56. The van der Waals surface area contributed by atoms with Crippen LogP contribution in [-0.4, -0.2) is 42.7 Å². The fraction of sp³-hybridized carbons (Fsp3) is 0.562. The molecule has 4 nitrogen and oxygen atoms in total. The van der Waals surface area contributed by atoms with Gasteiger partial charge in [0, 0.05) is 37.7 Å². The highest BCUT2D eigenvalue weighted by Crippen LogP contribution is 2.29. The van der Waals surface area contributed by atoms with Crippen molar-refractivity contribution >= 4 is 5.91 Å². The monoisotopic (exact) mass is 276 g/mol. The van der Waals surface area contributed by atoms with Crippen LogP contribution in [0.5, 0.6) is 0 Å². The zero-order valence-electron chi connectivity index (χ0n) is 12.4. The predicted octanol–water partition coefficient (Wildman–Crippen LogP) is 1.64. The second-order valence-electron chi connectivity index (χ2n) is 6.06. The van der Waals surface area contributed by atoms with E-state index < -0.39 is 0 Å². The molecule has 2 N–H and O–H groups in total. The van der Waals surface area contributed by atoms with Gasteiger partial charge in [0.05, 0.1) is 0 Å². The molecule has 1 aromatic carbocycles. The summed E-state index contributed by atoms with van der Waals surface area (Å²) in [6.45, 7) is 5.18. The summed E-state index contributed by atoms with van der Waals surface area (Å²) >= 11 is 0. The summed E-state index contributed by atoms with van der Waals surface area (Å²) in [5, 5.41) is 12.2. The van der Waals surface area contributed by atoms with Crippen LogP contribution in [0.4, 0.5) is 0 Å². The first-order valence-electron chi connectivity index (χ1n) is 7.20. The number of nitrogens with zero attached hydrogens (tertiary/aromatic N) is 1. The lowest BCUT2D eigenvalue weighted by Gasteiger charge is -2.39. The molecular weight excluding hydrogens is 252 g/mol. The second kappa shape index (κ2) is 6.37. The van der Waals surface area contributed by atoms with Crippen molar-refractivity contribution < 1.29 is 9.90 Å². The summed E-state index contributed by atoms with van der Waals surface area (Å²) in [7, 11) is 1.65. The molecule has 0 radical (unpaired) electrons. The van der Waals surface area contributed by atoms with Crippen LogP contribution in [0.1, 0.15) is 35.7 Å². The van der Waals surface area contributed by atoms with E-state index in [0.29, 0.717) is 5.56 Å². The van der Waals surface area contributed by atoms with Crippen molar-refractivity contribution in [3.63, 3.8) is 0 Å². The summed E-state index contributed by atoms with van der Waals surface area (Å²) in [4.78, 5) is 14.0. The number of hydrogen-bond acceptors (Lipinski definition) is 3. The van der Waals surface area contributed by atoms with Gasteiger partial charge in [-0.1, -0.05) is 19.1 Å². The van der Waals surface area contributed by atoms with E-state index in [0.717, 1.165) is 38.0 Å². The van der Waals surface area contributed by atoms with E-state index in [9.17, 15) is 9.90 Å². The molecule has 1 atom stereocenters. The SMILES string of the molecule is CNC(=O)c1cccc(CN2CCCC(C)(CO)C2)c1. The molecule has 1 aliphatic heterocycles. The zero-order valence-corrected chi connectivity index (χ0v) is 12.4. The Balaban J connectivity index is 2.04. The van der Waals surface area contributed by atoms with Crippen molar-refractivity contribution in [2.24, 2.45) is 5.41 Å². The average molecular weight is 276 g/mol. The van der Waals surface area contributed by atoms with E-state index >= 15 is 0 Å². The molecule has 4 heteroatoms. The molecule has 20 heavy (non-hydrogen) atoms. The van der Waals surface area contributed by atoms with Crippen molar-refractivity contribution in [2.45, 2.75) is 26.3 Å². The quantitative estimate of drug-likeness (QED) is 0.879. The number of benzene rings is 1. The lowest BCUT2D eigenvalue weighted by Crippen LogP contribution is -2.43. The van der Waals surface area contributed by atoms with Gasteiger partial charge in [0.2, 0.25) is 0 Å². The molecule has 1 fully saturated rings. The Morgan fingerprint density at radius 3 is 3.00 bits per heavy atom. The van der Waals surface area contributed by atoms with Crippen LogP contribution < -0.4 is 5.32 Å². The molecule has 1 aromatic rings. The topological polar surface area (TPSA) is 52.6 Å². The first kappa shape index (κ1) is 15.0. The highest BCUT2D eigenvalue weighted by Gasteiger charge is 2.30. The van der Waals surface area contributed by atoms with Gasteiger partial charge in [0.1, 0.15) is 0 Å². The van der Waals surface area contributed by atoms with E-state index in [1.807, 2.05) is 18.2 Å². The van der Waals surface area contributed by atoms with Crippen LogP contribution in [-0.2, 0) is 6.54 Å². The zero-order chi connectivity index (χ0) is 14.6. The second-order valence-corrected chi connectivity index (χ2v) is 6.06. The number of likely N-dealkylation sites (tertiary alicyclic amines) is 1. The number of hydrogen-bond donors (Lipinski definition) is 2. The molecule has 1 unspecified atom stereocenters. The Labute approximate surface area is 120 Å². The molecule has 0 aromatic heterocycles. The average Bonchev–Trinajstić information content (AvgIpc) is 2.47. The van der Waals surface area contributed by atoms with Gasteiger partial charge in [-0.2, -0.15) is 0 Å². The maximum Gasteiger partial charge on any atom is 0.251 e. The van der Waals surface area contributed by atoms with E-state index in [4.69, 9.17) is 0 Å². The van der Waals surface area contributed by atoms with E-state index in [-0.39, 0.29) is 17.9 Å². The molecule has 0 spiro atoms. The largest absolute Gasteiger partial charge is 0.396 e. The summed E-state index contributed by atoms with van der Waals surface area (Å²) in [5.41, 5.74) is 1.86. The predicted molar refractivity (Wildman–Crippen MR) is 79.5 cm³/mol. The minimum Gasteiger partial charge on any atom is -0.396 e. The number of carbonyl (C=O) groups excluding carboxylic acids is 1. The Bertz CT molecular complexity index is 475. The van der Waals surface area contributed by atoms with Crippen molar-refractivity contribution in [3.8, 4) is 0 Å². The van der Waals surface area contributed by atoms with Crippen LogP contribution in [0.2, 0.25) is 0 Å². The third kappa shape index (κ3) is 3.58. The highest BCUT2D eigenvalue weighted by atomic mass is 16.3. The Morgan fingerprint density at radius 2 is 2.30 bits per heavy atom. The van der Waals surface area contributed by atoms with Crippen molar-refractivity contribution in [2.75, 3.05) is 26.7 Å². The van der Waals surface area contributed by atoms with Crippen LogP contribution >= 0.6 is 0 Å².